The number of amides is 1. The molecule has 0 spiro atoms. The summed E-state index contributed by atoms with van der Waals surface area (Å²) in [6.07, 6.45) is 5.89. The van der Waals surface area contributed by atoms with Gasteiger partial charge in [0.2, 0.25) is 5.91 Å². The molecular weight excluding hydrogens is 304 g/mol. The topological polar surface area (TPSA) is 59.4 Å². The quantitative estimate of drug-likeness (QED) is 0.884. The van der Waals surface area contributed by atoms with E-state index in [-0.39, 0.29) is 18.1 Å². The Morgan fingerprint density at radius 3 is 2.96 bits per heavy atom. The number of rotatable bonds is 5. The number of carbonyl (C=O) groups excluding carboxylic acids is 1. The highest BCUT2D eigenvalue weighted by Gasteiger charge is 2.33. The van der Waals surface area contributed by atoms with Crippen LogP contribution in [0.25, 0.3) is 0 Å². The summed E-state index contributed by atoms with van der Waals surface area (Å²) in [7, 11) is 2.15. The lowest BCUT2D eigenvalue weighted by atomic mass is 10.1. The largest absolute Gasteiger partial charge is 0.376 e. The number of nitrogens with zero attached hydrogens (tertiary/aromatic N) is 3. The van der Waals surface area contributed by atoms with Gasteiger partial charge in [0.25, 0.3) is 0 Å². The summed E-state index contributed by atoms with van der Waals surface area (Å²) in [5.41, 5.74) is 2.53. The number of hydrogen-bond donors (Lipinski definition) is 1. The SMILES string of the molecule is C[C@@H](C(=O)NC[C@@H]1CCCO1)N1CCc2c(nc(C3CC3)n2C)C1. The zero-order valence-corrected chi connectivity index (χ0v) is 14.8. The van der Waals surface area contributed by atoms with Crippen LogP contribution in [0.5, 0.6) is 0 Å². The van der Waals surface area contributed by atoms with Gasteiger partial charge in [0.15, 0.2) is 0 Å². The summed E-state index contributed by atoms with van der Waals surface area (Å²) in [5.74, 6) is 2.02. The average molecular weight is 332 g/mol. The molecule has 1 amide bonds. The molecule has 2 atom stereocenters. The second-order valence-electron chi connectivity index (χ2n) is 7.47. The molecule has 3 aliphatic rings. The standard InChI is InChI=1S/C18H28N4O2/c1-12(18(23)19-10-14-4-3-9-24-14)22-8-7-16-15(11-22)20-17(21(16)2)13-5-6-13/h12-14H,3-11H2,1-2H3,(H,19,23)/t12-,14-/m0/s1. The third kappa shape index (κ3) is 3.09. The van der Waals surface area contributed by atoms with Crippen LogP contribution in [0.3, 0.4) is 0 Å². The molecule has 0 radical (unpaired) electrons. The van der Waals surface area contributed by atoms with Gasteiger partial charge in [-0.25, -0.2) is 4.98 Å². The Morgan fingerprint density at radius 2 is 2.25 bits per heavy atom. The lowest BCUT2D eigenvalue weighted by molar-refractivity contribution is -0.126. The van der Waals surface area contributed by atoms with Gasteiger partial charge < -0.3 is 14.6 Å². The van der Waals surface area contributed by atoms with Crippen molar-refractivity contribution in [1.82, 2.24) is 19.8 Å². The average Bonchev–Trinajstić information content (AvgIpc) is 3.20. The van der Waals surface area contributed by atoms with E-state index in [0.29, 0.717) is 12.5 Å². The van der Waals surface area contributed by atoms with E-state index in [9.17, 15) is 4.79 Å². The molecule has 24 heavy (non-hydrogen) atoms. The molecule has 1 aliphatic carbocycles. The number of nitrogens with one attached hydrogen (secondary N) is 1. The molecule has 1 aromatic heterocycles. The predicted molar refractivity (Wildman–Crippen MR) is 90.7 cm³/mol. The van der Waals surface area contributed by atoms with Gasteiger partial charge in [-0.15, -0.1) is 0 Å². The normalized spacial score (nSPS) is 25.5. The summed E-state index contributed by atoms with van der Waals surface area (Å²) >= 11 is 0. The van der Waals surface area contributed by atoms with Crippen molar-refractivity contribution in [3.05, 3.63) is 17.2 Å². The van der Waals surface area contributed by atoms with Crippen LogP contribution in [0.15, 0.2) is 0 Å². The minimum absolute atomic E-state index is 0.104. The Hall–Kier alpha value is -1.40. The number of hydrogen-bond acceptors (Lipinski definition) is 4. The molecule has 132 valence electrons. The zero-order chi connectivity index (χ0) is 16.7. The van der Waals surface area contributed by atoms with Crippen LogP contribution in [0, 0.1) is 0 Å². The Morgan fingerprint density at radius 1 is 1.42 bits per heavy atom. The maximum atomic E-state index is 12.5. The monoisotopic (exact) mass is 332 g/mol. The Labute approximate surface area is 143 Å². The summed E-state index contributed by atoms with van der Waals surface area (Å²) in [6.45, 7) is 5.17. The third-order valence-electron chi connectivity index (χ3n) is 5.72. The van der Waals surface area contributed by atoms with Crippen LogP contribution in [0.4, 0.5) is 0 Å². The van der Waals surface area contributed by atoms with E-state index >= 15 is 0 Å². The molecule has 2 fully saturated rings. The second-order valence-corrected chi connectivity index (χ2v) is 7.47. The second kappa shape index (κ2) is 6.48. The molecule has 3 heterocycles. The molecular formula is C18H28N4O2. The minimum Gasteiger partial charge on any atom is -0.376 e. The number of ether oxygens (including phenoxy) is 1. The molecule has 1 aromatic rings. The summed E-state index contributed by atoms with van der Waals surface area (Å²) in [4.78, 5) is 19.6. The minimum atomic E-state index is -0.120. The van der Waals surface area contributed by atoms with Gasteiger partial charge in [0.1, 0.15) is 5.82 Å². The molecule has 1 saturated heterocycles. The van der Waals surface area contributed by atoms with Crippen molar-refractivity contribution in [2.75, 3.05) is 19.7 Å². The van der Waals surface area contributed by atoms with E-state index in [4.69, 9.17) is 9.72 Å². The van der Waals surface area contributed by atoms with E-state index in [1.54, 1.807) is 0 Å². The molecule has 1 saturated carbocycles. The lowest BCUT2D eigenvalue weighted by Crippen LogP contribution is -2.48. The molecule has 4 rings (SSSR count). The van der Waals surface area contributed by atoms with Gasteiger partial charge in [0.05, 0.1) is 17.8 Å². The van der Waals surface area contributed by atoms with Gasteiger partial charge in [-0.05, 0) is 32.6 Å². The molecule has 1 N–H and O–H groups in total. The number of imidazole rings is 1. The van der Waals surface area contributed by atoms with Crippen LogP contribution in [-0.4, -0.2) is 52.2 Å². The number of aromatic nitrogens is 2. The summed E-state index contributed by atoms with van der Waals surface area (Å²) in [5, 5.41) is 3.06. The lowest BCUT2D eigenvalue weighted by Gasteiger charge is -2.31. The first-order chi connectivity index (χ1) is 11.6. The summed E-state index contributed by atoms with van der Waals surface area (Å²) in [6, 6.07) is -0.120. The van der Waals surface area contributed by atoms with E-state index in [2.05, 4.69) is 21.8 Å². The highest BCUT2D eigenvalue weighted by Crippen LogP contribution is 2.40. The van der Waals surface area contributed by atoms with Crippen molar-refractivity contribution < 1.29 is 9.53 Å². The maximum Gasteiger partial charge on any atom is 0.237 e. The smallest absolute Gasteiger partial charge is 0.237 e. The molecule has 6 heteroatoms. The first-order valence-electron chi connectivity index (χ1n) is 9.31. The van der Waals surface area contributed by atoms with E-state index in [0.717, 1.165) is 39.0 Å². The van der Waals surface area contributed by atoms with Gasteiger partial charge in [0, 0.05) is 51.3 Å². The maximum absolute atomic E-state index is 12.5. The van der Waals surface area contributed by atoms with Gasteiger partial charge in [-0.1, -0.05) is 0 Å². The number of fused-ring (bicyclic) bond motifs is 1. The molecule has 0 bridgehead atoms. The van der Waals surface area contributed by atoms with Crippen molar-refractivity contribution >= 4 is 5.91 Å². The van der Waals surface area contributed by atoms with E-state index < -0.39 is 0 Å². The van der Waals surface area contributed by atoms with Crippen molar-refractivity contribution in [2.45, 2.75) is 63.6 Å². The van der Waals surface area contributed by atoms with Crippen molar-refractivity contribution in [3.63, 3.8) is 0 Å². The van der Waals surface area contributed by atoms with Crippen LogP contribution >= 0.6 is 0 Å². The van der Waals surface area contributed by atoms with Gasteiger partial charge in [-0.3, -0.25) is 9.69 Å². The Balaban J connectivity index is 1.36. The first-order valence-corrected chi connectivity index (χ1v) is 9.31. The molecule has 0 unspecified atom stereocenters. The number of carbonyl (C=O) groups is 1. The highest BCUT2D eigenvalue weighted by atomic mass is 16.5. The fourth-order valence-corrected chi connectivity index (χ4v) is 3.94. The van der Waals surface area contributed by atoms with Crippen molar-refractivity contribution in [3.8, 4) is 0 Å². The van der Waals surface area contributed by atoms with Crippen LogP contribution in [0.2, 0.25) is 0 Å². The zero-order valence-electron chi connectivity index (χ0n) is 14.8. The molecule has 6 nitrogen and oxygen atoms in total. The fraction of sp³-hybridized carbons (Fsp3) is 0.778. The fourth-order valence-electron chi connectivity index (χ4n) is 3.94. The Bertz CT molecular complexity index is 617. The van der Waals surface area contributed by atoms with Gasteiger partial charge in [-0.2, -0.15) is 0 Å². The Kier molecular flexibility index (Phi) is 4.35. The van der Waals surface area contributed by atoms with Gasteiger partial charge >= 0.3 is 0 Å². The predicted octanol–water partition coefficient (Wildman–Crippen LogP) is 1.34. The summed E-state index contributed by atoms with van der Waals surface area (Å²) < 4.78 is 7.88. The van der Waals surface area contributed by atoms with Crippen LogP contribution in [-0.2, 0) is 29.5 Å². The molecule has 0 aromatic carbocycles. The van der Waals surface area contributed by atoms with Crippen molar-refractivity contribution in [2.24, 2.45) is 7.05 Å². The van der Waals surface area contributed by atoms with E-state index in [1.165, 1.54) is 30.1 Å². The molecule has 2 aliphatic heterocycles. The first kappa shape index (κ1) is 16.1. The van der Waals surface area contributed by atoms with Crippen LogP contribution in [0.1, 0.15) is 55.7 Å². The van der Waals surface area contributed by atoms with Crippen molar-refractivity contribution in [1.29, 1.82) is 0 Å². The highest BCUT2D eigenvalue weighted by molar-refractivity contribution is 5.81. The van der Waals surface area contributed by atoms with E-state index in [1.807, 2.05) is 6.92 Å². The van der Waals surface area contributed by atoms with Crippen LogP contribution < -0.4 is 5.32 Å². The third-order valence-corrected chi connectivity index (χ3v) is 5.72.